The first kappa shape index (κ1) is 15.1. The van der Waals surface area contributed by atoms with Gasteiger partial charge in [0.2, 0.25) is 0 Å². The average molecular weight is 365 g/mol. The van der Waals surface area contributed by atoms with Crippen molar-refractivity contribution >= 4 is 33.0 Å². The van der Waals surface area contributed by atoms with Crippen LogP contribution in [0.25, 0.3) is 0 Å². The molecule has 1 fully saturated rings. The van der Waals surface area contributed by atoms with Gasteiger partial charge in [0, 0.05) is 34.7 Å². The van der Waals surface area contributed by atoms with E-state index >= 15 is 0 Å². The van der Waals surface area contributed by atoms with Crippen molar-refractivity contribution in [1.29, 1.82) is 0 Å². The molecule has 3 rings (SSSR count). The van der Waals surface area contributed by atoms with E-state index < -0.39 is 0 Å². The molecule has 0 aliphatic heterocycles. The zero-order chi connectivity index (χ0) is 14.8. The summed E-state index contributed by atoms with van der Waals surface area (Å²) in [6.45, 7) is 3.21. The number of thiophene rings is 1. The highest BCUT2D eigenvalue weighted by molar-refractivity contribution is 9.10. The minimum Gasteiger partial charge on any atom is -0.367 e. The molecule has 1 atom stereocenters. The molecule has 0 spiro atoms. The van der Waals surface area contributed by atoms with Crippen LogP contribution in [0.5, 0.6) is 0 Å². The molecule has 1 saturated carbocycles. The van der Waals surface area contributed by atoms with Crippen LogP contribution in [0, 0.1) is 0 Å². The van der Waals surface area contributed by atoms with Crippen LogP contribution in [-0.4, -0.2) is 13.1 Å². The number of hydrogen-bond donors (Lipinski definition) is 1. The molecular formula is C17H21BrN2S. The molecule has 1 heterocycles. The number of rotatable bonds is 6. The van der Waals surface area contributed by atoms with E-state index in [4.69, 9.17) is 0 Å². The molecule has 4 heteroatoms. The fourth-order valence-electron chi connectivity index (χ4n) is 2.38. The van der Waals surface area contributed by atoms with E-state index in [2.05, 4.69) is 75.8 Å². The third-order valence-electron chi connectivity index (χ3n) is 4.14. The third kappa shape index (κ3) is 3.68. The summed E-state index contributed by atoms with van der Waals surface area (Å²) >= 11 is 5.54. The Labute approximate surface area is 139 Å². The van der Waals surface area contributed by atoms with Crippen LogP contribution in [0.3, 0.4) is 0 Å². The number of nitrogens with one attached hydrogen (secondary N) is 1. The van der Waals surface area contributed by atoms with Crippen LogP contribution in [0.2, 0.25) is 0 Å². The fraction of sp³-hybridized carbons (Fsp3) is 0.412. The lowest BCUT2D eigenvalue weighted by Gasteiger charge is -2.27. The van der Waals surface area contributed by atoms with E-state index in [1.54, 1.807) is 0 Å². The lowest BCUT2D eigenvalue weighted by Crippen LogP contribution is -2.21. The van der Waals surface area contributed by atoms with E-state index in [1.807, 2.05) is 11.3 Å². The second-order valence-corrected chi connectivity index (χ2v) is 7.57. The predicted molar refractivity (Wildman–Crippen MR) is 95.1 cm³/mol. The molecule has 1 N–H and O–H groups in total. The van der Waals surface area contributed by atoms with Gasteiger partial charge >= 0.3 is 0 Å². The molecule has 2 aromatic rings. The van der Waals surface area contributed by atoms with E-state index in [9.17, 15) is 0 Å². The van der Waals surface area contributed by atoms with Gasteiger partial charge in [-0.05, 0) is 48.9 Å². The Kier molecular flexibility index (Phi) is 4.67. The van der Waals surface area contributed by atoms with Gasteiger partial charge in [0.25, 0.3) is 0 Å². The van der Waals surface area contributed by atoms with Gasteiger partial charge < -0.3 is 10.2 Å². The summed E-state index contributed by atoms with van der Waals surface area (Å²) in [5, 5.41) is 5.71. The highest BCUT2D eigenvalue weighted by Crippen LogP contribution is 2.31. The largest absolute Gasteiger partial charge is 0.367 e. The van der Waals surface area contributed by atoms with Crippen molar-refractivity contribution in [2.24, 2.45) is 0 Å². The van der Waals surface area contributed by atoms with Crippen LogP contribution in [0.1, 0.15) is 36.2 Å². The number of nitrogens with zero attached hydrogens (tertiary/aromatic N) is 1. The molecule has 1 aromatic heterocycles. The predicted octanol–water partition coefficient (Wildman–Crippen LogP) is 4.96. The van der Waals surface area contributed by atoms with Gasteiger partial charge in [-0.15, -0.1) is 11.3 Å². The molecule has 1 aliphatic rings. The molecule has 112 valence electrons. The van der Waals surface area contributed by atoms with Gasteiger partial charge in [0.15, 0.2) is 0 Å². The Bertz CT molecular complexity index is 593. The highest BCUT2D eigenvalue weighted by Gasteiger charge is 2.20. The Morgan fingerprint density at radius 1 is 1.38 bits per heavy atom. The van der Waals surface area contributed by atoms with Gasteiger partial charge in [-0.25, -0.2) is 0 Å². The maximum Gasteiger partial charge on any atom is 0.0603 e. The minimum absolute atomic E-state index is 0.396. The Morgan fingerprint density at radius 2 is 2.19 bits per heavy atom. The standard InChI is InChI=1S/C17H21BrN2S/c1-12(17-4-3-9-21-17)20(2)15-8-5-13(16(18)10-15)11-19-14-6-7-14/h3-5,8-10,12,14,19H,6-7,11H2,1-2H3. The minimum atomic E-state index is 0.396. The molecule has 0 radical (unpaired) electrons. The van der Waals surface area contributed by atoms with Crippen LogP contribution in [-0.2, 0) is 6.54 Å². The topological polar surface area (TPSA) is 15.3 Å². The van der Waals surface area contributed by atoms with Gasteiger partial charge in [0.1, 0.15) is 0 Å². The number of benzene rings is 1. The van der Waals surface area contributed by atoms with Crippen molar-refractivity contribution in [1.82, 2.24) is 5.32 Å². The quantitative estimate of drug-likeness (QED) is 0.778. The van der Waals surface area contributed by atoms with Gasteiger partial charge in [-0.1, -0.05) is 28.1 Å². The van der Waals surface area contributed by atoms with Gasteiger partial charge in [0.05, 0.1) is 6.04 Å². The smallest absolute Gasteiger partial charge is 0.0603 e. The maximum atomic E-state index is 3.72. The highest BCUT2D eigenvalue weighted by atomic mass is 79.9. The van der Waals surface area contributed by atoms with Crippen molar-refractivity contribution < 1.29 is 0 Å². The van der Waals surface area contributed by atoms with Crippen LogP contribution < -0.4 is 10.2 Å². The SMILES string of the molecule is CC(c1cccs1)N(C)c1ccc(CNC2CC2)c(Br)c1. The first-order valence-electron chi connectivity index (χ1n) is 7.43. The van der Waals surface area contributed by atoms with E-state index in [-0.39, 0.29) is 0 Å². The molecule has 21 heavy (non-hydrogen) atoms. The normalized spacial score (nSPS) is 16.0. The monoisotopic (exact) mass is 364 g/mol. The van der Waals surface area contributed by atoms with Gasteiger partial charge in [-0.2, -0.15) is 0 Å². The Hall–Kier alpha value is -0.840. The summed E-state index contributed by atoms with van der Waals surface area (Å²) in [6.07, 6.45) is 2.66. The molecular weight excluding hydrogens is 344 g/mol. The lowest BCUT2D eigenvalue weighted by atomic mass is 10.1. The summed E-state index contributed by atoms with van der Waals surface area (Å²) in [7, 11) is 2.16. The number of anilines is 1. The van der Waals surface area contributed by atoms with Crippen LogP contribution in [0.4, 0.5) is 5.69 Å². The second-order valence-electron chi connectivity index (χ2n) is 5.73. The van der Waals surface area contributed by atoms with Crippen molar-refractivity contribution in [3.8, 4) is 0 Å². The van der Waals surface area contributed by atoms with Crippen molar-refractivity contribution in [3.05, 3.63) is 50.6 Å². The van der Waals surface area contributed by atoms with Crippen molar-refractivity contribution in [2.45, 2.75) is 38.4 Å². The van der Waals surface area contributed by atoms with Crippen molar-refractivity contribution in [2.75, 3.05) is 11.9 Å². The summed E-state index contributed by atoms with van der Waals surface area (Å²) < 4.78 is 1.19. The maximum absolute atomic E-state index is 3.72. The molecule has 2 nitrogen and oxygen atoms in total. The number of halogens is 1. The lowest BCUT2D eigenvalue weighted by molar-refractivity contribution is 0.685. The summed E-state index contributed by atoms with van der Waals surface area (Å²) in [4.78, 5) is 3.72. The molecule has 0 amide bonds. The third-order valence-corrected chi connectivity index (χ3v) is 5.92. The average Bonchev–Trinajstić information content (AvgIpc) is 3.15. The van der Waals surface area contributed by atoms with Gasteiger partial charge in [-0.3, -0.25) is 0 Å². The summed E-state index contributed by atoms with van der Waals surface area (Å²) in [6, 6.07) is 12.1. The number of hydrogen-bond acceptors (Lipinski definition) is 3. The molecule has 1 aliphatic carbocycles. The fourth-order valence-corrected chi connectivity index (χ4v) is 3.72. The van der Waals surface area contributed by atoms with E-state index in [0.29, 0.717) is 6.04 Å². The Balaban J connectivity index is 1.71. The first-order valence-corrected chi connectivity index (χ1v) is 9.10. The molecule has 0 saturated heterocycles. The van der Waals surface area contributed by atoms with Crippen LogP contribution in [0.15, 0.2) is 40.2 Å². The summed E-state index contributed by atoms with van der Waals surface area (Å²) in [5.74, 6) is 0. The first-order chi connectivity index (χ1) is 10.1. The van der Waals surface area contributed by atoms with E-state index in [0.717, 1.165) is 12.6 Å². The molecule has 1 unspecified atom stereocenters. The Morgan fingerprint density at radius 3 is 2.81 bits per heavy atom. The zero-order valence-corrected chi connectivity index (χ0v) is 14.9. The molecule has 1 aromatic carbocycles. The molecule has 0 bridgehead atoms. The van der Waals surface area contributed by atoms with Crippen LogP contribution >= 0.6 is 27.3 Å². The zero-order valence-electron chi connectivity index (χ0n) is 12.5. The van der Waals surface area contributed by atoms with E-state index in [1.165, 1.54) is 33.4 Å². The van der Waals surface area contributed by atoms with Crippen molar-refractivity contribution in [3.63, 3.8) is 0 Å². The summed E-state index contributed by atoms with van der Waals surface area (Å²) in [5.41, 5.74) is 2.58. The second kappa shape index (κ2) is 6.51.